The summed E-state index contributed by atoms with van der Waals surface area (Å²) in [7, 11) is 0. The molecule has 0 amide bonds. The van der Waals surface area contributed by atoms with E-state index < -0.39 is 16.7 Å². The molecule has 0 fully saturated rings. The molecule has 1 aromatic carbocycles. The summed E-state index contributed by atoms with van der Waals surface area (Å²) < 4.78 is 41.0. The Hall–Kier alpha value is -4.42. The maximum atomic E-state index is 13.1. The van der Waals surface area contributed by atoms with Crippen molar-refractivity contribution < 1.29 is 18.1 Å². The zero-order valence-electron chi connectivity index (χ0n) is 16.9. The molecule has 33 heavy (non-hydrogen) atoms. The van der Waals surface area contributed by atoms with E-state index in [0.29, 0.717) is 41.8 Å². The summed E-state index contributed by atoms with van der Waals surface area (Å²) in [5, 5.41) is 16.9. The van der Waals surface area contributed by atoms with Crippen LogP contribution < -0.4 is 16.4 Å². The minimum atomic E-state index is -4.46. The Kier molecular flexibility index (Phi) is 5.69. The van der Waals surface area contributed by atoms with E-state index >= 15 is 0 Å². The van der Waals surface area contributed by atoms with Gasteiger partial charge in [0, 0.05) is 43.2 Å². The predicted octanol–water partition coefficient (Wildman–Crippen LogP) is 3.82. The number of fused-ring (bicyclic) bond motifs is 1. The maximum absolute atomic E-state index is 13.1. The van der Waals surface area contributed by atoms with E-state index in [9.17, 15) is 23.3 Å². The minimum absolute atomic E-state index is 0.200. The fourth-order valence-corrected chi connectivity index (χ4v) is 3.14. The number of alkyl halides is 3. The average Bonchev–Trinajstić information content (AvgIpc) is 3.25. The molecule has 3 aromatic heterocycles. The third-order valence-electron chi connectivity index (χ3n) is 4.69. The van der Waals surface area contributed by atoms with Gasteiger partial charge in [-0.15, -0.1) is 0 Å². The lowest BCUT2D eigenvalue weighted by molar-refractivity contribution is -0.384. The molecular formula is C20H17F3N8O2. The highest BCUT2D eigenvalue weighted by atomic mass is 19.4. The Bertz CT molecular complexity index is 1320. The molecular weight excluding hydrogens is 441 g/mol. The number of aromatic nitrogens is 4. The zero-order chi connectivity index (χ0) is 23.6. The average molecular weight is 458 g/mol. The number of hydrogen-bond donors (Lipinski definition) is 3. The highest BCUT2D eigenvalue weighted by Crippen LogP contribution is 2.32. The Morgan fingerprint density at radius 2 is 1.88 bits per heavy atom. The molecule has 0 aliphatic rings. The largest absolute Gasteiger partial charge is 0.416 e. The van der Waals surface area contributed by atoms with Crippen molar-refractivity contribution in [1.82, 2.24) is 19.4 Å². The van der Waals surface area contributed by atoms with Crippen LogP contribution in [0.4, 0.5) is 36.4 Å². The Balaban J connectivity index is 1.50. The summed E-state index contributed by atoms with van der Waals surface area (Å²) >= 11 is 0. The van der Waals surface area contributed by atoms with Gasteiger partial charge in [0.2, 0.25) is 11.8 Å². The molecule has 4 rings (SSSR count). The molecule has 0 aliphatic heterocycles. The summed E-state index contributed by atoms with van der Waals surface area (Å²) in [6.07, 6.45) is -1.23. The van der Waals surface area contributed by atoms with Crippen LogP contribution in [0.25, 0.3) is 16.9 Å². The van der Waals surface area contributed by atoms with Gasteiger partial charge in [-0.05, 0) is 18.2 Å². The Labute approximate surface area is 184 Å². The number of benzene rings is 1. The highest BCUT2D eigenvalue weighted by Gasteiger charge is 2.30. The number of pyridine rings is 1. The first-order valence-corrected chi connectivity index (χ1v) is 9.63. The lowest BCUT2D eigenvalue weighted by Crippen LogP contribution is -2.17. The quantitative estimate of drug-likeness (QED) is 0.216. The summed E-state index contributed by atoms with van der Waals surface area (Å²) in [6.45, 7) is 0.709. The summed E-state index contributed by atoms with van der Waals surface area (Å²) in [5.74, 6) is 0.544. The SMILES string of the molecule is Nc1nc(NCCNc2nc(-c3cccc(C(F)(F)F)c3)cc3nccn23)ccc1[N+](=O)[O-]. The van der Waals surface area contributed by atoms with E-state index in [1.54, 1.807) is 28.9 Å². The van der Waals surface area contributed by atoms with Gasteiger partial charge in [0.25, 0.3) is 0 Å². The van der Waals surface area contributed by atoms with E-state index in [0.717, 1.165) is 12.1 Å². The zero-order valence-corrected chi connectivity index (χ0v) is 16.9. The second-order valence-corrected chi connectivity index (χ2v) is 6.91. The van der Waals surface area contributed by atoms with Gasteiger partial charge < -0.3 is 16.4 Å². The van der Waals surface area contributed by atoms with Gasteiger partial charge in [-0.3, -0.25) is 14.5 Å². The molecule has 0 aliphatic carbocycles. The van der Waals surface area contributed by atoms with E-state index in [4.69, 9.17) is 5.73 Å². The molecule has 0 radical (unpaired) electrons. The van der Waals surface area contributed by atoms with Crippen molar-refractivity contribution in [2.45, 2.75) is 6.18 Å². The first-order valence-electron chi connectivity index (χ1n) is 9.63. The number of nitrogens with zero attached hydrogens (tertiary/aromatic N) is 5. The molecule has 0 spiro atoms. The van der Waals surface area contributed by atoms with Crippen LogP contribution in [0.3, 0.4) is 0 Å². The van der Waals surface area contributed by atoms with Crippen molar-refractivity contribution in [3.63, 3.8) is 0 Å². The summed E-state index contributed by atoms with van der Waals surface area (Å²) in [4.78, 5) is 22.8. The number of nitrogen functional groups attached to an aromatic ring is 1. The predicted molar refractivity (Wildman–Crippen MR) is 116 cm³/mol. The molecule has 13 heteroatoms. The normalized spacial score (nSPS) is 11.5. The lowest BCUT2D eigenvalue weighted by Gasteiger charge is -2.12. The van der Waals surface area contributed by atoms with Gasteiger partial charge >= 0.3 is 11.9 Å². The maximum Gasteiger partial charge on any atom is 0.416 e. The van der Waals surface area contributed by atoms with E-state index in [1.165, 1.54) is 18.2 Å². The molecule has 0 unspecified atom stereocenters. The van der Waals surface area contributed by atoms with Gasteiger partial charge in [0.15, 0.2) is 0 Å². The van der Waals surface area contributed by atoms with Crippen LogP contribution in [0.5, 0.6) is 0 Å². The summed E-state index contributed by atoms with van der Waals surface area (Å²) in [5.41, 5.74) is 5.68. The fraction of sp³-hybridized carbons (Fsp3) is 0.150. The molecule has 10 nitrogen and oxygen atoms in total. The van der Waals surface area contributed by atoms with Crippen LogP contribution >= 0.6 is 0 Å². The molecule has 4 N–H and O–H groups in total. The van der Waals surface area contributed by atoms with Crippen molar-refractivity contribution in [3.8, 4) is 11.3 Å². The standard InChI is InChI=1S/C20H17F3N8O2/c21-20(22,23)13-3-1-2-12(10-13)14-11-17-26-8-9-30(17)19(28-14)27-7-6-25-16-5-4-15(31(32)33)18(24)29-16/h1-5,8-11H,6-7H2,(H,27,28)(H3,24,25,29). The Morgan fingerprint density at radius 1 is 1.09 bits per heavy atom. The first kappa shape index (κ1) is 21.8. The molecule has 3 heterocycles. The van der Waals surface area contributed by atoms with Crippen molar-refractivity contribution in [2.24, 2.45) is 0 Å². The van der Waals surface area contributed by atoms with E-state index in [1.807, 2.05) is 0 Å². The van der Waals surface area contributed by atoms with Gasteiger partial charge in [0.05, 0.1) is 16.2 Å². The van der Waals surface area contributed by atoms with E-state index in [2.05, 4.69) is 25.6 Å². The van der Waals surface area contributed by atoms with Crippen LogP contribution in [0.2, 0.25) is 0 Å². The molecule has 0 atom stereocenters. The number of rotatable bonds is 7. The van der Waals surface area contributed by atoms with Gasteiger partial charge in [0.1, 0.15) is 11.5 Å². The first-order chi connectivity index (χ1) is 15.7. The number of imidazole rings is 1. The van der Waals surface area contributed by atoms with Crippen molar-refractivity contribution in [1.29, 1.82) is 0 Å². The number of nitrogens with two attached hydrogens (primary N) is 1. The highest BCUT2D eigenvalue weighted by molar-refractivity contribution is 5.67. The topological polar surface area (TPSA) is 136 Å². The molecule has 0 saturated carbocycles. The second-order valence-electron chi connectivity index (χ2n) is 6.91. The number of hydrogen-bond acceptors (Lipinski definition) is 8. The van der Waals surface area contributed by atoms with Crippen LogP contribution in [0, 0.1) is 10.1 Å². The van der Waals surface area contributed by atoms with E-state index in [-0.39, 0.29) is 11.5 Å². The number of halogens is 3. The van der Waals surface area contributed by atoms with Crippen molar-refractivity contribution >= 4 is 28.9 Å². The lowest BCUT2D eigenvalue weighted by atomic mass is 10.1. The molecule has 4 aromatic rings. The van der Waals surface area contributed by atoms with Gasteiger partial charge in [-0.2, -0.15) is 13.2 Å². The smallest absolute Gasteiger partial charge is 0.378 e. The second kappa shape index (κ2) is 8.61. The number of anilines is 3. The Morgan fingerprint density at radius 3 is 2.61 bits per heavy atom. The van der Waals surface area contributed by atoms with Crippen LogP contribution in [0.1, 0.15) is 5.56 Å². The minimum Gasteiger partial charge on any atom is -0.378 e. The van der Waals surface area contributed by atoms with Crippen LogP contribution in [-0.2, 0) is 6.18 Å². The number of nitro groups is 1. The third kappa shape index (κ3) is 4.76. The molecule has 170 valence electrons. The van der Waals surface area contributed by atoms with Crippen LogP contribution in [-0.4, -0.2) is 37.4 Å². The van der Waals surface area contributed by atoms with Crippen LogP contribution in [0.15, 0.2) is 54.9 Å². The molecule has 0 bridgehead atoms. The van der Waals surface area contributed by atoms with Crippen molar-refractivity contribution in [3.05, 3.63) is 70.5 Å². The third-order valence-corrected chi connectivity index (χ3v) is 4.69. The van der Waals surface area contributed by atoms with Crippen molar-refractivity contribution in [2.75, 3.05) is 29.5 Å². The summed E-state index contributed by atoms with van der Waals surface area (Å²) in [6, 6.07) is 9.21. The van der Waals surface area contributed by atoms with Gasteiger partial charge in [-0.1, -0.05) is 12.1 Å². The monoisotopic (exact) mass is 458 g/mol. The van der Waals surface area contributed by atoms with Gasteiger partial charge in [-0.25, -0.2) is 15.0 Å². The fourth-order valence-electron chi connectivity index (χ4n) is 3.14. The molecule has 0 saturated heterocycles. The number of nitrogens with one attached hydrogen (secondary N) is 2.